The van der Waals surface area contributed by atoms with Crippen LogP contribution in [0.2, 0.25) is 0 Å². The van der Waals surface area contributed by atoms with Crippen LogP contribution in [0.3, 0.4) is 0 Å². The number of aryl methyl sites for hydroxylation is 2. The Labute approximate surface area is 210 Å². The maximum Gasteiger partial charge on any atom is 0.336 e. The van der Waals surface area contributed by atoms with E-state index in [9.17, 15) is 14.7 Å². The van der Waals surface area contributed by atoms with E-state index < -0.39 is 11.8 Å². The Balaban J connectivity index is 2.27. The molecule has 0 radical (unpaired) electrons. The van der Waals surface area contributed by atoms with Crippen molar-refractivity contribution in [3.8, 4) is 23.0 Å². The predicted octanol–water partition coefficient (Wildman–Crippen LogP) is 5.30. The van der Waals surface area contributed by atoms with Crippen molar-refractivity contribution in [1.29, 1.82) is 0 Å². The molecule has 7 heteroatoms. The normalized spacial score (nSPS) is 11.4. The van der Waals surface area contributed by atoms with Crippen LogP contribution in [-0.2, 0) is 11.2 Å². The number of ketones is 1. The van der Waals surface area contributed by atoms with Gasteiger partial charge >= 0.3 is 5.97 Å². The first-order valence-electron chi connectivity index (χ1n) is 11.2. The van der Waals surface area contributed by atoms with Gasteiger partial charge in [-0.05, 0) is 61.4 Å². The second-order valence-electron chi connectivity index (χ2n) is 8.30. The molecule has 0 fully saturated rings. The van der Waals surface area contributed by atoms with Gasteiger partial charge in [-0.25, -0.2) is 4.79 Å². The molecule has 0 atom stereocenters. The van der Waals surface area contributed by atoms with Crippen LogP contribution in [-0.4, -0.2) is 45.3 Å². The van der Waals surface area contributed by atoms with Crippen LogP contribution in [0.4, 0.5) is 0 Å². The van der Waals surface area contributed by atoms with Crippen molar-refractivity contribution in [2.24, 2.45) is 0 Å². The minimum Gasteiger partial charge on any atom is -0.497 e. The molecule has 0 aliphatic heterocycles. The first-order chi connectivity index (χ1) is 17.2. The zero-order valence-corrected chi connectivity index (χ0v) is 21.3. The number of carbonyl (C=O) groups is 2. The fourth-order valence-electron chi connectivity index (χ4n) is 4.19. The van der Waals surface area contributed by atoms with Crippen molar-refractivity contribution in [3.63, 3.8) is 0 Å². The van der Waals surface area contributed by atoms with Crippen molar-refractivity contribution in [2.45, 2.75) is 20.3 Å². The topological polar surface area (TPSA) is 91.3 Å². The highest BCUT2D eigenvalue weighted by Crippen LogP contribution is 2.39. The summed E-state index contributed by atoms with van der Waals surface area (Å²) in [6, 6.07) is 15.5. The molecule has 0 bridgehead atoms. The molecule has 7 nitrogen and oxygen atoms in total. The number of methoxy groups -OCH3 is 4. The average molecular weight is 491 g/mol. The fraction of sp³-hybridized carbons (Fsp3) is 0.241. The SMILES string of the molecule is COc1ccc(C(=O)C(Cc2cc(OC)c(OC)c(OC)c2)=C(C(=O)O)c2cc(C)cc(C)c2)cc1. The molecule has 188 valence electrons. The Morgan fingerprint density at radius 3 is 1.72 bits per heavy atom. The van der Waals surface area contributed by atoms with Gasteiger partial charge in [-0.2, -0.15) is 0 Å². The molecule has 0 aliphatic rings. The number of rotatable bonds is 10. The number of hydrogen-bond donors (Lipinski definition) is 1. The molecule has 36 heavy (non-hydrogen) atoms. The lowest BCUT2D eigenvalue weighted by molar-refractivity contribution is -0.130. The number of Topliss-reactive ketones (excluding diaryl/α,β-unsaturated/α-hetero) is 1. The highest BCUT2D eigenvalue weighted by Gasteiger charge is 2.25. The van der Waals surface area contributed by atoms with E-state index in [0.717, 1.165) is 11.1 Å². The van der Waals surface area contributed by atoms with E-state index in [1.807, 2.05) is 19.9 Å². The Bertz CT molecular complexity index is 1260. The van der Waals surface area contributed by atoms with Crippen LogP contribution in [0.5, 0.6) is 23.0 Å². The first kappa shape index (κ1) is 26.3. The summed E-state index contributed by atoms with van der Waals surface area (Å²) in [6.07, 6.45) is 0.0240. The molecule has 0 spiro atoms. The number of carboxylic acids is 1. The molecule has 0 saturated heterocycles. The van der Waals surface area contributed by atoms with Crippen LogP contribution in [0.25, 0.3) is 5.57 Å². The average Bonchev–Trinajstić information content (AvgIpc) is 2.86. The molecule has 3 aromatic rings. The van der Waals surface area contributed by atoms with Crippen molar-refractivity contribution in [2.75, 3.05) is 28.4 Å². The summed E-state index contributed by atoms with van der Waals surface area (Å²) in [7, 11) is 6.04. The lowest BCUT2D eigenvalue weighted by Crippen LogP contribution is -2.14. The van der Waals surface area contributed by atoms with E-state index in [0.29, 0.717) is 39.7 Å². The molecular formula is C29H30O7. The number of aliphatic carboxylic acids is 1. The van der Waals surface area contributed by atoms with Gasteiger partial charge in [-0.3, -0.25) is 4.79 Å². The molecule has 0 aromatic heterocycles. The van der Waals surface area contributed by atoms with E-state index in [2.05, 4.69) is 0 Å². The standard InChI is InChI=1S/C29H30O7/c1-17-11-18(2)13-21(12-17)26(29(31)32)23(27(30)20-7-9-22(33-3)10-8-20)14-19-15-24(34-4)28(36-6)25(16-19)35-5/h7-13,15-16H,14H2,1-6H3,(H,31,32). The van der Waals surface area contributed by atoms with Gasteiger partial charge in [0, 0.05) is 17.6 Å². The molecule has 0 unspecified atom stereocenters. The second-order valence-corrected chi connectivity index (χ2v) is 8.30. The van der Waals surface area contributed by atoms with Gasteiger partial charge in [0.1, 0.15) is 5.75 Å². The summed E-state index contributed by atoms with van der Waals surface area (Å²) in [5.41, 5.74) is 3.30. The minimum absolute atomic E-state index is 0.0240. The summed E-state index contributed by atoms with van der Waals surface area (Å²) in [6.45, 7) is 3.78. The maximum atomic E-state index is 13.8. The smallest absolute Gasteiger partial charge is 0.336 e. The zero-order valence-electron chi connectivity index (χ0n) is 21.3. The Kier molecular flexibility index (Phi) is 8.38. The number of carbonyl (C=O) groups excluding carboxylic acids is 1. The summed E-state index contributed by atoms with van der Waals surface area (Å²) >= 11 is 0. The molecule has 0 heterocycles. The zero-order chi connectivity index (χ0) is 26.4. The molecule has 3 aromatic carbocycles. The van der Waals surface area contributed by atoms with Gasteiger partial charge in [0.25, 0.3) is 0 Å². The predicted molar refractivity (Wildman–Crippen MR) is 138 cm³/mol. The van der Waals surface area contributed by atoms with Crippen molar-refractivity contribution < 1.29 is 33.6 Å². The molecule has 1 N–H and O–H groups in total. The number of benzene rings is 3. The largest absolute Gasteiger partial charge is 0.497 e. The molecular weight excluding hydrogens is 460 g/mol. The molecule has 0 aliphatic carbocycles. The van der Waals surface area contributed by atoms with Crippen LogP contribution in [0.15, 0.2) is 60.2 Å². The van der Waals surface area contributed by atoms with Crippen LogP contribution < -0.4 is 18.9 Å². The highest BCUT2D eigenvalue weighted by atomic mass is 16.5. The Morgan fingerprint density at radius 2 is 1.28 bits per heavy atom. The fourth-order valence-corrected chi connectivity index (χ4v) is 4.19. The van der Waals surface area contributed by atoms with E-state index in [1.54, 1.807) is 48.5 Å². The van der Waals surface area contributed by atoms with Crippen molar-refractivity contribution in [3.05, 3.63) is 88.0 Å². The molecule has 0 saturated carbocycles. The van der Waals surface area contributed by atoms with Crippen LogP contribution in [0.1, 0.15) is 32.6 Å². The third-order valence-electron chi connectivity index (χ3n) is 5.76. The quantitative estimate of drug-likeness (QED) is 0.305. The Morgan fingerprint density at radius 1 is 0.722 bits per heavy atom. The van der Waals surface area contributed by atoms with Crippen LogP contribution in [0, 0.1) is 13.8 Å². The van der Waals surface area contributed by atoms with E-state index in [1.165, 1.54) is 28.4 Å². The number of hydrogen-bond acceptors (Lipinski definition) is 6. The summed E-state index contributed by atoms with van der Waals surface area (Å²) in [5.74, 6) is 0.225. The number of allylic oxidation sites excluding steroid dienone is 1. The monoisotopic (exact) mass is 490 g/mol. The summed E-state index contributed by atoms with van der Waals surface area (Å²) < 4.78 is 21.5. The van der Waals surface area contributed by atoms with E-state index in [-0.39, 0.29) is 17.6 Å². The third kappa shape index (κ3) is 5.68. The van der Waals surface area contributed by atoms with Gasteiger partial charge in [-0.1, -0.05) is 29.3 Å². The number of ether oxygens (including phenoxy) is 4. The maximum absolute atomic E-state index is 13.8. The number of carboxylic acid groups (broad SMARTS) is 1. The van der Waals surface area contributed by atoms with Gasteiger partial charge < -0.3 is 24.1 Å². The van der Waals surface area contributed by atoms with E-state index >= 15 is 0 Å². The van der Waals surface area contributed by atoms with Gasteiger partial charge in [0.05, 0.1) is 34.0 Å². The van der Waals surface area contributed by atoms with Gasteiger partial charge in [0.15, 0.2) is 17.3 Å². The highest BCUT2D eigenvalue weighted by molar-refractivity contribution is 6.26. The second kappa shape index (κ2) is 11.4. The lowest BCUT2D eigenvalue weighted by Gasteiger charge is -2.17. The summed E-state index contributed by atoms with van der Waals surface area (Å²) in [4.78, 5) is 26.5. The minimum atomic E-state index is -1.19. The third-order valence-corrected chi connectivity index (χ3v) is 5.76. The van der Waals surface area contributed by atoms with E-state index in [4.69, 9.17) is 18.9 Å². The molecule has 0 amide bonds. The molecule has 3 rings (SSSR count). The van der Waals surface area contributed by atoms with Crippen LogP contribution >= 0.6 is 0 Å². The van der Waals surface area contributed by atoms with Gasteiger partial charge in [-0.15, -0.1) is 0 Å². The van der Waals surface area contributed by atoms with Crippen molar-refractivity contribution in [1.82, 2.24) is 0 Å². The first-order valence-corrected chi connectivity index (χ1v) is 11.2. The van der Waals surface area contributed by atoms with Gasteiger partial charge in [0.2, 0.25) is 5.75 Å². The van der Waals surface area contributed by atoms with Crippen molar-refractivity contribution >= 4 is 17.3 Å². The summed E-state index contributed by atoms with van der Waals surface area (Å²) in [5, 5.41) is 10.3. The lowest BCUT2D eigenvalue weighted by atomic mass is 9.88. The Hall–Kier alpha value is -4.26.